The van der Waals surface area contributed by atoms with Gasteiger partial charge in [-0.05, 0) is 46.3 Å². The third kappa shape index (κ3) is 2.86. The number of fused-ring (bicyclic) bond motifs is 14. The molecule has 0 N–H and O–H groups in total. The van der Waals surface area contributed by atoms with E-state index in [-0.39, 0.29) is 0 Å². The van der Waals surface area contributed by atoms with Gasteiger partial charge in [0.25, 0.3) is 0 Å². The van der Waals surface area contributed by atoms with Crippen molar-refractivity contribution in [3.63, 3.8) is 0 Å². The third-order valence-electron chi connectivity index (χ3n) is 10.9. The van der Waals surface area contributed by atoms with E-state index in [4.69, 9.17) is 0 Å². The number of hydrogen-bond acceptors (Lipinski definition) is 0. The van der Waals surface area contributed by atoms with E-state index < -0.39 is 0 Å². The van der Waals surface area contributed by atoms with Crippen LogP contribution in [-0.4, -0.2) is 8.80 Å². The molecule has 12 aromatic rings. The number of aromatic nitrogens is 2. The van der Waals surface area contributed by atoms with Gasteiger partial charge in [0.2, 0.25) is 0 Å². The summed E-state index contributed by atoms with van der Waals surface area (Å²) in [5.74, 6) is 0. The van der Waals surface area contributed by atoms with Crippen LogP contribution in [0, 0.1) is 0 Å². The van der Waals surface area contributed by atoms with Crippen molar-refractivity contribution in [1.82, 2.24) is 8.80 Å². The molecule has 0 unspecified atom stereocenters. The fraction of sp³-hybridized carbons (Fsp3) is 0. The minimum atomic E-state index is 1.23. The lowest BCUT2D eigenvalue weighted by molar-refractivity contribution is 1.37. The normalized spacial score (nSPS) is 12.6. The van der Waals surface area contributed by atoms with E-state index in [1.807, 2.05) is 0 Å². The minimum absolute atomic E-state index is 1.23. The summed E-state index contributed by atoms with van der Waals surface area (Å²) in [5.41, 5.74) is 12.7. The van der Waals surface area contributed by atoms with Crippen LogP contribution in [0.4, 0.5) is 0 Å². The Hall–Kier alpha value is -6.38. The highest BCUT2D eigenvalue weighted by atomic mass is 14.9. The molecule has 0 atom stereocenters. The lowest BCUT2D eigenvalue weighted by atomic mass is 9.87. The Morgan fingerprint density at radius 1 is 0.292 bits per heavy atom. The quantitative estimate of drug-likeness (QED) is 0.185. The Labute approximate surface area is 275 Å². The van der Waals surface area contributed by atoms with E-state index in [2.05, 4.69) is 167 Å². The van der Waals surface area contributed by atoms with E-state index >= 15 is 0 Å². The Morgan fingerprint density at radius 2 is 0.771 bits per heavy atom. The fourth-order valence-corrected chi connectivity index (χ4v) is 9.14. The number of nitrogens with zero attached hydrogens (tertiary/aromatic N) is 2. The van der Waals surface area contributed by atoms with Gasteiger partial charge in [-0.3, -0.25) is 0 Å². The maximum absolute atomic E-state index is 2.53. The monoisotopic (exact) mass is 606 g/mol. The first kappa shape index (κ1) is 24.8. The zero-order chi connectivity index (χ0) is 31.1. The highest BCUT2D eigenvalue weighted by Crippen LogP contribution is 2.51. The molecular formula is C46H26N2. The SMILES string of the molecule is c1ccc(-c2cc3c(c4cccc5c6ccccc6n3c54)c3c(-c4ccccc4)c4c5cccc6c7ccccc7n(c4cc23)c65)cc1. The molecule has 2 heteroatoms. The van der Waals surface area contributed by atoms with Gasteiger partial charge in [0.1, 0.15) is 0 Å². The Kier molecular flexibility index (Phi) is 4.49. The first-order valence-electron chi connectivity index (χ1n) is 16.7. The molecule has 220 valence electrons. The van der Waals surface area contributed by atoms with Crippen molar-refractivity contribution >= 4 is 87.0 Å². The summed E-state index contributed by atoms with van der Waals surface area (Å²) >= 11 is 0. The molecule has 0 saturated carbocycles. The van der Waals surface area contributed by atoms with Crippen molar-refractivity contribution < 1.29 is 0 Å². The summed E-state index contributed by atoms with van der Waals surface area (Å²) in [6, 6.07) is 58.5. The summed E-state index contributed by atoms with van der Waals surface area (Å²) < 4.78 is 5.06. The molecule has 48 heavy (non-hydrogen) atoms. The minimum Gasteiger partial charge on any atom is -0.308 e. The van der Waals surface area contributed by atoms with Crippen molar-refractivity contribution in [2.75, 3.05) is 0 Å². The van der Waals surface area contributed by atoms with E-state index in [1.165, 1.54) is 109 Å². The van der Waals surface area contributed by atoms with Gasteiger partial charge in [-0.25, -0.2) is 0 Å². The van der Waals surface area contributed by atoms with Crippen LogP contribution >= 0.6 is 0 Å². The topological polar surface area (TPSA) is 8.82 Å². The summed E-state index contributed by atoms with van der Waals surface area (Å²) in [5, 5.41) is 13.1. The molecule has 4 heterocycles. The predicted octanol–water partition coefficient (Wildman–Crippen LogP) is 12.5. The molecule has 8 aromatic carbocycles. The van der Waals surface area contributed by atoms with Crippen LogP contribution in [0.2, 0.25) is 0 Å². The molecule has 4 aromatic heterocycles. The molecule has 0 bridgehead atoms. The lowest BCUT2D eigenvalue weighted by Gasteiger charge is -2.16. The summed E-state index contributed by atoms with van der Waals surface area (Å²) in [4.78, 5) is 0. The number of hydrogen-bond donors (Lipinski definition) is 0. The van der Waals surface area contributed by atoms with Gasteiger partial charge in [-0.2, -0.15) is 0 Å². The maximum Gasteiger partial charge on any atom is 0.0620 e. The van der Waals surface area contributed by atoms with Crippen LogP contribution in [0.1, 0.15) is 0 Å². The highest BCUT2D eigenvalue weighted by Gasteiger charge is 2.27. The fourth-order valence-electron chi connectivity index (χ4n) is 9.14. The highest BCUT2D eigenvalue weighted by molar-refractivity contribution is 6.37. The van der Waals surface area contributed by atoms with Crippen molar-refractivity contribution in [2.24, 2.45) is 0 Å². The van der Waals surface area contributed by atoms with Crippen molar-refractivity contribution in [2.45, 2.75) is 0 Å². The molecule has 0 aliphatic heterocycles. The Balaban J connectivity index is 1.45. The zero-order valence-corrected chi connectivity index (χ0v) is 25.9. The van der Waals surface area contributed by atoms with Crippen molar-refractivity contribution in [3.05, 3.63) is 158 Å². The second-order valence-corrected chi connectivity index (χ2v) is 13.2. The molecule has 12 rings (SSSR count). The molecule has 0 aliphatic carbocycles. The van der Waals surface area contributed by atoms with Gasteiger partial charge >= 0.3 is 0 Å². The average Bonchev–Trinajstić information content (AvgIpc) is 3.88. The second kappa shape index (κ2) is 8.70. The molecule has 0 spiro atoms. The average molecular weight is 607 g/mol. The van der Waals surface area contributed by atoms with E-state index in [0.29, 0.717) is 0 Å². The van der Waals surface area contributed by atoms with Crippen LogP contribution in [0.15, 0.2) is 158 Å². The molecule has 0 saturated heterocycles. The standard InChI is InChI=1S/C46H26N2/c1-3-13-27(14-4-1)35-25-39-43(34-22-12-20-32-30-18-7-9-23-37(30)47(39)46(32)34)44-36(35)26-40-42(41(44)28-15-5-2-6-16-28)33-21-11-19-31-29-17-8-10-24-38(29)48(40)45(31)33/h1-26H. The first-order valence-corrected chi connectivity index (χ1v) is 16.7. The molecule has 0 aliphatic rings. The van der Waals surface area contributed by atoms with Crippen LogP contribution in [0.3, 0.4) is 0 Å². The van der Waals surface area contributed by atoms with Crippen LogP contribution < -0.4 is 0 Å². The smallest absolute Gasteiger partial charge is 0.0620 e. The van der Waals surface area contributed by atoms with Crippen molar-refractivity contribution in [3.8, 4) is 22.3 Å². The lowest BCUT2D eigenvalue weighted by Crippen LogP contribution is -1.91. The number of benzene rings is 8. The first-order chi connectivity index (χ1) is 23.9. The predicted molar refractivity (Wildman–Crippen MR) is 204 cm³/mol. The van der Waals surface area contributed by atoms with Crippen LogP contribution in [0.25, 0.3) is 109 Å². The Bertz CT molecular complexity index is 3210. The van der Waals surface area contributed by atoms with E-state index in [0.717, 1.165) is 0 Å². The van der Waals surface area contributed by atoms with E-state index in [1.54, 1.807) is 0 Å². The zero-order valence-electron chi connectivity index (χ0n) is 25.9. The third-order valence-corrected chi connectivity index (χ3v) is 10.9. The Morgan fingerprint density at radius 3 is 1.40 bits per heavy atom. The number of para-hydroxylation sites is 4. The molecule has 2 nitrogen and oxygen atoms in total. The van der Waals surface area contributed by atoms with Gasteiger partial charge in [0, 0.05) is 54.0 Å². The van der Waals surface area contributed by atoms with Gasteiger partial charge in [-0.15, -0.1) is 0 Å². The summed E-state index contributed by atoms with van der Waals surface area (Å²) in [6.07, 6.45) is 0. The van der Waals surface area contributed by atoms with Gasteiger partial charge in [0.05, 0.1) is 33.1 Å². The van der Waals surface area contributed by atoms with Gasteiger partial charge in [0.15, 0.2) is 0 Å². The van der Waals surface area contributed by atoms with E-state index in [9.17, 15) is 0 Å². The summed E-state index contributed by atoms with van der Waals surface area (Å²) in [7, 11) is 0. The van der Waals surface area contributed by atoms with Gasteiger partial charge in [-0.1, -0.05) is 133 Å². The summed E-state index contributed by atoms with van der Waals surface area (Å²) in [6.45, 7) is 0. The van der Waals surface area contributed by atoms with Crippen LogP contribution in [0.5, 0.6) is 0 Å². The molecule has 0 amide bonds. The largest absolute Gasteiger partial charge is 0.308 e. The molecule has 0 radical (unpaired) electrons. The molecular weight excluding hydrogens is 581 g/mol. The van der Waals surface area contributed by atoms with Crippen molar-refractivity contribution in [1.29, 1.82) is 0 Å². The second-order valence-electron chi connectivity index (χ2n) is 13.2. The number of rotatable bonds is 2. The van der Waals surface area contributed by atoms with Crippen LogP contribution in [-0.2, 0) is 0 Å². The maximum atomic E-state index is 2.53. The van der Waals surface area contributed by atoms with Gasteiger partial charge < -0.3 is 8.80 Å². The molecule has 0 fully saturated rings.